The van der Waals surface area contributed by atoms with Crippen molar-refractivity contribution in [2.75, 3.05) is 7.11 Å². The summed E-state index contributed by atoms with van der Waals surface area (Å²) in [6, 6.07) is 9.64. The number of ketones is 1. The molecule has 0 aromatic heterocycles. The third kappa shape index (κ3) is 1.74. The standard InChI is InChI=1S/C19H22O3/c1-12-14-10-15(18(14,2)3)16(20)19(12,17(21)22-4)11-13-8-6-5-7-9-13/h5-9,14-15H,1,10-11H2,2-4H3/t14-,15+,19-/m0/s1. The van der Waals surface area contributed by atoms with Gasteiger partial charge < -0.3 is 4.74 Å². The molecule has 0 amide bonds. The van der Waals surface area contributed by atoms with Crippen molar-refractivity contribution in [3.8, 4) is 0 Å². The van der Waals surface area contributed by atoms with Crippen LogP contribution in [0, 0.1) is 22.7 Å². The summed E-state index contributed by atoms with van der Waals surface area (Å²) in [7, 11) is 1.35. The summed E-state index contributed by atoms with van der Waals surface area (Å²) in [5.74, 6) is -0.346. The Labute approximate surface area is 131 Å². The highest BCUT2D eigenvalue weighted by molar-refractivity contribution is 6.10. The van der Waals surface area contributed by atoms with Crippen molar-refractivity contribution in [2.24, 2.45) is 22.7 Å². The number of esters is 1. The Kier molecular flexibility index (Phi) is 3.28. The van der Waals surface area contributed by atoms with E-state index in [2.05, 4.69) is 20.4 Å². The van der Waals surface area contributed by atoms with Crippen LogP contribution in [0.15, 0.2) is 42.5 Å². The fourth-order valence-corrected chi connectivity index (χ4v) is 4.30. The third-order valence-electron chi connectivity index (χ3n) is 5.82. The lowest BCUT2D eigenvalue weighted by molar-refractivity contribution is -0.171. The van der Waals surface area contributed by atoms with Gasteiger partial charge in [0, 0.05) is 5.92 Å². The second-order valence-corrected chi connectivity index (χ2v) is 7.11. The van der Waals surface area contributed by atoms with Gasteiger partial charge in [-0.2, -0.15) is 0 Å². The van der Waals surface area contributed by atoms with Crippen LogP contribution in [-0.4, -0.2) is 18.9 Å². The lowest BCUT2D eigenvalue weighted by atomic mass is 9.40. The van der Waals surface area contributed by atoms with Crippen LogP contribution in [0.3, 0.4) is 0 Å². The van der Waals surface area contributed by atoms with E-state index in [0.717, 1.165) is 17.6 Å². The van der Waals surface area contributed by atoms with Gasteiger partial charge in [0.2, 0.25) is 0 Å². The molecule has 2 bridgehead atoms. The Morgan fingerprint density at radius 2 is 1.91 bits per heavy atom. The number of carbonyl (C=O) groups is 2. The number of methoxy groups -OCH3 is 1. The summed E-state index contributed by atoms with van der Waals surface area (Å²) in [6.07, 6.45) is 1.17. The summed E-state index contributed by atoms with van der Waals surface area (Å²) in [6.45, 7) is 8.37. The molecule has 1 aromatic carbocycles. The van der Waals surface area contributed by atoms with Gasteiger partial charge in [0.05, 0.1) is 7.11 Å². The summed E-state index contributed by atoms with van der Waals surface area (Å²) in [5.41, 5.74) is 0.393. The van der Waals surface area contributed by atoms with Crippen LogP contribution < -0.4 is 0 Å². The predicted octanol–water partition coefficient (Wildman–Crippen LogP) is 3.19. The molecule has 3 atom stereocenters. The highest BCUT2D eigenvalue weighted by Crippen LogP contribution is 2.65. The van der Waals surface area contributed by atoms with Crippen molar-refractivity contribution in [3.63, 3.8) is 0 Å². The second kappa shape index (κ2) is 4.80. The zero-order valence-electron chi connectivity index (χ0n) is 13.4. The Morgan fingerprint density at radius 1 is 1.27 bits per heavy atom. The highest BCUT2D eigenvalue weighted by atomic mass is 16.5. The summed E-state index contributed by atoms with van der Waals surface area (Å²) in [5, 5.41) is 0. The van der Waals surface area contributed by atoms with Gasteiger partial charge in [-0.25, -0.2) is 0 Å². The summed E-state index contributed by atoms with van der Waals surface area (Å²) in [4.78, 5) is 25.7. The fourth-order valence-electron chi connectivity index (χ4n) is 4.30. The van der Waals surface area contributed by atoms with Gasteiger partial charge in [0.25, 0.3) is 0 Å². The molecule has 4 rings (SSSR count). The van der Waals surface area contributed by atoms with E-state index in [1.54, 1.807) is 0 Å². The molecule has 0 N–H and O–H groups in total. The first-order valence-corrected chi connectivity index (χ1v) is 7.71. The number of ether oxygens (including phenoxy) is 1. The Bertz CT molecular complexity index is 618. The molecule has 3 aliphatic rings. The first-order chi connectivity index (χ1) is 10.4. The van der Waals surface area contributed by atoms with Gasteiger partial charge >= 0.3 is 5.97 Å². The fraction of sp³-hybridized carbons (Fsp3) is 0.474. The van der Waals surface area contributed by atoms with Crippen LogP contribution in [0.4, 0.5) is 0 Å². The first kappa shape index (κ1) is 15.0. The van der Waals surface area contributed by atoms with E-state index in [1.165, 1.54) is 7.11 Å². The minimum Gasteiger partial charge on any atom is -0.468 e. The average molecular weight is 298 g/mol. The van der Waals surface area contributed by atoms with Crippen LogP contribution >= 0.6 is 0 Å². The molecule has 0 saturated heterocycles. The maximum atomic E-state index is 13.2. The molecule has 3 fully saturated rings. The van der Waals surface area contributed by atoms with E-state index in [1.807, 2.05) is 30.3 Å². The number of rotatable bonds is 3. The molecule has 22 heavy (non-hydrogen) atoms. The molecule has 116 valence electrons. The topological polar surface area (TPSA) is 43.4 Å². The third-order valence-corrected chi connectivity index (χ3v) is 5.82. The van der Waals surface area contributed by atoms with E-state index in [0.29, 0.717) is 6.42 Å². The maximum absolute atomic E-state index is 13.2. The quantitative estimate of drug-likeness (QED) is 0.489. The number of carbonyl (C=O) groups excluding carboxylic acids is 2. The van der Waals surface area contributed by atoms with Crippen molar-refractivity contribution >= 4 is 11.8 Å². The number of hydrogen-bond donors (Lipinski definition) is 0. The van der Waals surface area contributed by atoms with E-state index in [4.69, 9.17) is 4.74 Å². The van der Waals surface area contributed by atoms with Crippen LogP contribution in [0.2, 0.25) is 0 Å². The molecule has 3 heteroatoms. The molecule has 0 aliphatic heterocycles. The van der Waals surface area contributed by atoms with E-state index in [-0.39, 0.29) is 23.0 Å². The SMILES string of the molecule is C=C1[C@@H]2C[C@H](C(=O)[C@@]1(Cc1ccccc1)C(=O)OC)C2(C)C. The molecule has 0 radical (unpaired) electrons. The van der Waals surface area contributed by atoms with Gasteiger partial charge in [0.15, 0.2) is 11.2 Å². The number of hydrogen-bond acceptors (Lipinski definition) is 3. The van der Waals surface area contributed by atoms with Crippen LogP contribution in [0.5, 0.6) is 0 Å². The first-order valence-electron chi connectivity index (χ1n) is 7.71. The number of Topliss-reactive ketones (excluding diaryl/α,β-unsaturated/α-hetero) is 1. The average Bonchev–Trinajstić information content (AvgIpc) is 2.50. The molecular weight excluding hydrogens is 276 g/mol. The zero-order valence-corrected chi connectivity index (χ0v) is 13.4. The molecule has 3 aliphatic carbocycles. The molecule has 1 aromatic rings. The monoisotopic (exact) mass is 298 g/mol. The van der Waals surface area contributed by atoms with E-state index >= 15 is 0 Å². The number of benzene rings is 1. The van der Waals surface area contributed by atoms with Crippen LogP contribution in [0.25, 0.3) is 0 Å². The summed E-state index contributed by atoms with van der Waals surface area (Å²) < 4.78 is 5.02. The second-order valence-electron chi connectivity index (χ2n) is 7.11. The predicted molar refractivity (Wildman–Crippen MR) is 84.1 cm³/mol. The lowest BCUT2D eigenvalue weighted by Crippen LogP contribution is -2.65. The largest absolute Gasteiger partial charge is 0.468 e. The van der Waals surface area contributed by atoms with Gasteiger partial charge in [-0.15, -0.1) is 0 Å². The lowest BCUT2D eigenvalue weighted by Gasteiger charge is -2.61. The molecule has 3 nitrogen and oxygen atoms in total. The Hall–Kier alpha value is -1.90. The van der Waals surface area contributed by atoms with E-state index in [9.17, 15) is 9.59 Å². The molecule has 0 unspecified atom stereocenters. The van der Waals surface area contributed by atoms with Crippen molar-refractivity contribution in [2.45, 2.75) is 26.7 Å². The Balaban J connectivity index is 2.07. The Morgan fingerprint density at radius 3 is 2.41 bits per heavy atom. The van der Waals surface area contributed by atoms with Gasteiger partial charge in [-0.3, -0.25) is 9.59 Å². The summed E-state index contributed by atoms with van der Waals surface area (Å²) >= 11 is 0. The highest BCUT2D eigenvalue weighted by Gasteiger charge is 2.68. The smallest absolute Gasteiger partial charge is 0.323 e. The minimum absolute atomic E-state index is 0.0132. The van der Waals surface area contributed by atoms with Crippen molar-refractivity contribution in [3.05, 3.63) is 48.0 Å². The maximum Gasteiger partial charge on any atom is 0.323 e. The number of fused-ring (bicyclic) bond motifs is 2. The zero-order chi connectivity index (χ0) is 16.1. The van der Waals surface area contributed by atoms with E-state index < -0.39 is 11.4 Å². The molecule has 3 saturated carbocycles. The van der Waals surface area contributed by atoms with Crippen molar-refractivity contribution < 1.29 is 14.3 Å². The molecule has 0 heterocycles. The van der Waals surface area contributed by atoms with Crippen LogP contribution in [0.1, 0.15) is 25.8 Å². The normalized spacial score (nSPS) is 32.3. The van der Waals surface area contributed by atoms with Gasteiger partial charge in [-0.05, 0) is 35.3 Å². The van der Waals surface area contributed by atoms with Gasteiger partial charge in [-0.1, -0.05) is 50.8 Å². The minimum atomic E-state index is -1.21. The molecule has 0 spiro atoms. The van der Waals surface area contributed by atoms with Crippen molar-refractivity contribution in [1.82, 2.24) is 0 Å². The van der Waals surface area contributed by atoms with Gasteiger partial charge in [0.1, 0.15) is 0 Å². The molecular formula is C19H22O3. The van der Waals surface area contributed by atoms with Crippen LogP contribution in [-0.2, 0) is 20.7 Å². The van der Waals surface area contributed by atoms with Crippen molar-refractivity contribution in [1.29, 1.82) is 0 Å².